The van der Waals surface area contributed by atoms with Crippen LogP contribution in [-0.4, -0.2) is 70.0 Å². The highest BCUT2D eigenvalue weighted by Gasteiger charge is 2.51. The molecule has 4 aliphatic heterocycles. The SMILES string of the molecule is CCC1NC(=O)OC12CCN(C1CC3CCC(C1)N3C(=O)O)CC2. The molecule has 0 aromatic heterocycles. The van der Waals surface area contributed by atoms with Crippen LogP contribution in [0.15, 0.2) is 0 Å². The smallest absolute Gasteiger partial charge is 0.408 e. The second-order valence-electron chi connectivity index (χ2n) is 7.80. The van der Waals surface area contributed by atoms with Crippen molar-refractivity contribution in [2.45, 2.75) is 81.6 Å². The third kappa shape index (κ3) is 2.44. The quantitative estimate of drug-likeness (QED) is 0.805. The third-order valence-electron chi connectivity index (χ3n) is 6.72. The molecule has 134 valence electrons. The molecule has 0 aromatic carbocycles. The normalized spacial score (nSPS) is 38.2. The summed E-state index contributed by atoms with van der Waals surface area (Å²) in [6.07, 6.45) is 5.52. The Morgan fingerprint density at radius 1 is 1.25 bits per heavy atom. The fourth-order valence-electron chi connectivity index (χ4n) is 5.51. The van der Waals surface area contributed by atoms with Crippen LogP contribution >= 0.6 is 0 Å². The Bertz CT molecular complexity index is 518. The first-order valence-corrected chi connectivity index (χ1v) is 9.27. The van der Waals surface area contributed by atoms with Crippen molar-refractivity contribution in [1.82, 2.24) is 15.1 Å². The summed E-state index contributed by atoms with van der Waals surface area (Å²) >= 11 is 0. The molecule has 3 unspecified atom stereocenters. The highest BCUT2D eigenvalue weighted by molar-refractivity contribution is 5.71. The van der Waals surface area contributed by atoms with Crippen molar-refractivity contribution in [1.29, 1.82) is 0 Å². The van der Waals surface area contributed by atoms with Crippen molar-refractivity contribution in [3.63, 3.8) is 0 Å². The number of likely N-dealkylation sites (tertiary alicyclic amines) is 1. The second kappa shape index (κ2) is 5.79. The maximum absolute atomic E-state index is 11.7. The van der Waals surface area contributed by atoms with Gasteiger partial charge in [-0.05, 0) is 32.1 Å². The monoisotopic (exact) mass is 337 g/mol. The van der Waals surface area contributed by atoms with Crippen LogP contribution in [0.4, 0.5) is 9.59 Å². The molecule has 0 radical (unpaired) electrons. The zero-order chi connectivity index (χ0) is 16.9. The van der Waals surface area contributed by atoms with E-state index >= 15 is 0 Å². The number of hydrogen-bond acceptors (Lipinski definition) is 4. The molecule has 4 heterocycles. The fourth-order valence-corrected chi connectivity index (χ4v) is 5.51. The molecule has 4 rings (SSSR count). The fraction of sp³-hybridized carbons (Fsp3) is 0.882. The molecule has 7 heteroatoms. The molecule has 0 saturated carbocycles. The van der Waals surface area contributed by atoms with Crippen LogP contribution < -0.4 is 5.32 Å². The first kappa shape index (κ1) is 16.0. The number of amides is 2. The Balaban J connectivity index is 1.39. The van der Waals surface area contributed by atoms with E-state index in [9.17, 15) is 14.7 Å². The molecule has 2 N–H and O–H groups in total. The zero-order valence-electron chi connectivity index (χ0n) is 14.2. The summed E-state index contributed by atoms with van der Waals surface area (Å²) in [5.74, 6) is 0. The minimum Gasteiger partial charge on any atom is -0.465 e. The first-order valence-electron chi connectivity index (χ1n) is 9.27. The summed E-state index contributed by atoms with van der Waals surface area (Å²) in [7, 11) is 0. The van der Waals surface area contributed by atoms with Gasteiger partial charge in [0.15, 0.2) is 0 Å². The minimum absolute atomic E-state index is 0.122. The average molecular weight is 337 g/mol. The first-order chi connectivity index (χ1) is 11.5. The number of alkyl carbamates (subject to hydrolysis) is 1. The third-order valence-corrected chi connectivity index (χ3v) is 6.72. The highest BCUT2D eigenvalue weighted by Crippen LogP contribution is 2.41. The molecule has 4 saturated heterocycles. The molecule has 3 atom stereocenters. The van der Waals surface area contributed by atoms with Crippen LogP contribution in [0, 0.1) is 0 Å². The van der Waals surface area contributed by atoms with Gasteiger partial charge in [-0.1, -0.05) is 6.92 Å². The van der Waals surface area contributed by atoms with Crippen LogP contribution in [0.5, 0.6) is 0 Å². The number of carboxylic acid groups (broad SMARTS) is 1. The number of rotatable bonds is 2. The Labute approximate surface area is 142 Å². The molecule has 0 aliphatic carbocycles. The highest BCUT2D eigenvalue weighted by atomic mass is 16.6. The van der Waals surface area contributed by atoms with Crippen molar-refractivity contribution >= 4 is 12.2 Å². The van der Waals surface area contributed by atoms with Crippen molar-refractivity contribution < 1.29 is 19.4 Å². The van der Waals surface area contributed by atoms with Gasteiger partial charge in [0.05, 0.1) is 6.04 Å². The molecular weight excluding hydrogens is 310 g/mol. The van der Waals surface area contributed by atoms with Crippen LogP contribution in [0.1, 0.15) is 51.9 Å². The van der Waals surface area contributed by atoms with E-state index in [0.717, 1.165) is 58.0 Å². The number of ether oxygens (including phenoxy) is 1. The molecule has 4 fully saturated rings. The number of nitrogens with zero attached hydrogens (tertiary/aromatic N) is 2. The predicted octanol–water partition coefficient (Wildman–Crippen LogP) is 2.01. The van der Waals surface area contributed by atoms with Gasteiger partial charge in [-0.25, -0.2) is 9.59 Å². The molecule has 1 spiro atoms. The number of hydrogen-bond donors (Lipinski definition) is 2. The number of piperidine rings is 2. The van der Waals surface area contributed by atoms with Gasteiger partial charge in [0.25, 0.3) is 0 Å². The van der Waals surface area contributed by atoms with Crippen molar-refractivity contribution in [3.05, 3.63) is 0 Å². The van der Waals surface area contributed by atoms with Crippen molar-refractivity contribution in [2.24, 2.45) is 0 Å². The van der Waals surface area contributed by atoms with Gasteiger partial charge in [0, 0.05) is 44.1 Å². The van der Waals surface area contributed by atoms with E-state index in [1.165, 1.54) is 0 Å². The van der Waals surface area contributed by atoms with E-state index in [1.807, 2.05) is 0 Å². The maximum atomic E-state index is 11.7. The van der Waals surface area contributed by atoms with E-state index in [2.05, 4.69) is 17.1 Å². The van der Waals surface area contributed by atoms with E-state index < -0.39 is 6.09 Å². The summed E-state index contributed by atoms with van der Waals surface area (Å²) in [6, 6.07) is 0.978. The average Bonchev–Trinajstić information content (AvgIpc) is 3.01. The lowest BCUT2D eigenvalue weighted by molar-refractivity contribution is -0.0388. The van der Waals surface area contributed by atoms with Crippen molar-refractivity contribution in [3.8, 4) is 0 Å². The lowest BCUT2D eigenvalue weighted by Gasteiger charge is -2.47. The number of nitrogens with one attached hydrogen (secondary N) is 1. The van der Waals surface area contributed by atoms with E-state index in [0.29, 0.717) is 6.04 Å². The number of fused-ring (bicyclic) bond motifs is 2. The van der Waals surface area contributed by atoms with E-state index in [1.54, 1.807) is 4.90 Å². The number of carbonyl (C=O) groups excluding carboxylic acids is 1. The lowest BCUT2D eigenvalue weighted by Crippen LogP contribution is -2.57. The largest absolute Gasteiger partial charge is 0.465 e. The van der Waals surface area contributed by atoms with Gasteiger partial charge in [-0.3, -0.25) is 4.90 Å². The van der Waals surface area contributed by atoms with Crippen molar-refractivity contribution in [2.75, 3.05) is 13.1 Å². The van der Waals surface area contributed by atoms with Crippen LogP contribution in [0.25, 0.3) is 0 Å². The molecule has 2 bridgehead atoms. The van der Waals surface area contributed by atoms with Crippen LogP contribution in [0.2, 0.25) is 0 Å². The zero-order valence-corrected chi connectivity index (χ0v) is 14.2. The summed E-state index contributed by atoms with van der Waals surface area (Å²) in [5, 5.41) is 12.3. The minimum atomic E-state index is -0.756. The lowest BCUT2D eigenvalue weighted by atomic mass is 9.82. The second-order valence-corrected chi connectivity index (χ2v) is 7.80. The van der Waals surface area contributed by atoms with Gasteiger partial charge >= 0.3 is 12.2 Å². The van der Waals surface area contributed by atoms with E-state index in [4.69, 9.17) is 4.74 Å². The van der Waals surface area contributed by atoms with E-state index in [-0.39, 0.29) is 29.8 Å². The molecule has 0 aromatic rings. The maximum Gasteiger partial charge on any atom is 0.408 e. The Kier molecular flexibility index (Phi) is 3.86. The Hall–Kier alpha value is -1.50. The predicted molar refractivity (Wildman–Crippen MR) is 86.9 cm³/mol. The van der Waals surface area contributed by atoms with Gasteiger partial charge < -0.3 is 20.1 Å². The molecule has 4 aliphatic rings. The standard InChI is InChI=1S/C17H27N3O4/c1-2-14-17(24-15(21)18-14)5-7-19(8-6-17)13-9-11-3-4-12(10-13)20(11)16(22)23/h11-14H,2-10H2,1H3,(H,18,21)(H,22,23). The molecule has 24 heavy (non-hydrogen) atoms. The van der Waals surface area contributed by atoms with Crippen LogP contribution in [-0.2, 0) is 4.74 Å². The summed E-state index contributed by atoms with van der Waals surface area (Å²) in [4.78, 5) is 27.3. The molecule has 2 amide bonds. The van der Waals surface area contributed by atoms with Gasteiger partial charge in [0.1, 0.15) is 5.60 Å². The molecular formula is C17H27N3O4. The number of carbonyl (C=O) groups is 2. The Morgan fingerprint density at radius 2 is 1.88 bits per heavy atom. The van der Waals surface area contributed by atoms with Crippen LogP contribution in [0.3, 0.4) is 0 Å². The summed E-state index contributed by atoms with van der Waals surface area (Å²) in [5.41, 5.74) is -0.330. The van der Waals surface area contributed by atoms with Gasteiger partial charge in [0.2, 0.25) is 0 Å². The van der Waals surface area contributed by atoms with Gasteiger partial charge in [-0.2, -0.15) is 0 Å². The Morgan fingerprint density at radius 3 is 2.42 bits per heavy atom. The topological polar surface area (TPSA) is 82.1 Å². The molecule has 7 nitrogen and oxygen atoms in total. The summed E-state index contributed by atoms with van der Waals surface area (Å²) in [6.45, 7) is 3.96. The van der Waals surface area contributed by atoms with Gasteiger partial charge in [-0.15, -0.1) is 0 Å². The summed E-state index contributed by atoms with van der Waals surface area (Å²) < 4.78 is 5.67.